The summed E-state index contributed by atoms with van der Waals surface area (Å²) in [6.45, 7) is 19.8. The second-order valence-corrected chi connectivity index (χ2v) is 19.5. The predicted molar refractivity (Wildman–Crippen MR) is 246 cm³/mol. The first-order valence-corrected chi connectivity index (χ1v) is 23.4. The average molecular weight is 935 g/mol. The highest BCUT2D eigenvalue weighted by atomic mass is 16.7. The largest absolute Gasteiger partial charge is 0.507 e. The number of carbonyl (C=O) groups excluding carboxylic acids is 5. The van der Waals surface area contributed by atoms with Gasteiger partial charge in [-0.25, -0.2) is 0 Å². The van der Waals surface area contributed by atoms with Gasteiger partial charge in [0.05, 0.1) is 60.0 Å². The van der Waals surface area contributed by atoms with Crippen molar-refractivity contribution >= 4 is 29.4 Å². The van der Waals surface area contributed by atoms with Crippen molar-refractivity contribution in [1.29, 1.82) is 0 Å². The van der Waals surface area contributed by atoms with E-state index in [0.717, 1.165) is 19.6 Å². The summed E-state index contributed by atoms with van der Waals surface area (Å²) in [6, 6.07) is -0.847. The Morgan fingerprint density at radius 3 is 2.27 bits per heavy atom. The topological polar surface area (TPSA) is 221 Å². The minimum atomic E-state index is -1.97. The Bertz CT molecular complexity index is 2220. The maximum Gasteiger partial charge on any atom is 0.312 e. The number of aromatic hydroxyl groups is 1. The van der Waals surface area contributed by atoms with E-state index in [9.17, 15) is 34.2 Å². The maximum atomic E-state index is 14.9. The highest BCUT2D eigenvalue weighted by molar-refractivity contribution is 6.19. The molecule has 1 unspecified atom stereocenters. The number of likely N-dealkylation sites (tertiary alicyclic amines) is 1. The van der Waals surface area contributed by atoms with E-state index in [1.807, 2.05) is 6.92 Å². The van der Waals surface area contributed by atoms with Gasteiger partial charge in [0, 0.05) is 88.1 Å². The van der Waals surface area contributed by atoms with Crippen LogP contribution in [0.15, 0.2) is 47.5 Å². The number of methoxy groups -OCH3 is 2. The molecule has 7 rings (SSSR count). The molecule has 0 saturated carbocycles. The average Bonchev–Trinajstić information content (AvgIpc) is 3.78. The van der Waals surface area contributed by atoms with Crippen LogP contribution in [-0.2, 0) is 38.1 Å². The van der Waals surface area contributed by atoms with E-state index in [1.54, 1.807) is 58.9 Å². The fourth-order valence-electron chi connectivity index (χ4n) is 10.2. The van der Waals surface area contributed by atoms with Crippen LogP contribution >= 0.6 is 0 Å². The van der Waals surface area contributed by atoms with Gasteiger partial charge >= 0.3 is 17.7 Å². The van der Waals surface area contributed by atoms with Crippen LogP contribution in [0, 0.1) is 36.5 Å². The Hall–Kier alpha value is -5.07. The molecule has 5 heterocycles. The Balaban J connectivity index is 1.48. The van der Waals surface area contributed by atoms with Crippen molar-refractivity contribution in [2.75, 3.05) is 40.5 Å². The highest BCUT2D eigenvalue weighted by Crippen LogP contribution is 2.53. The van der Waals surface area contributed by atoms with E-state index in [4.69, 9.17) is 28.4 Å². The summed E-state index contributed by atoms with van der Waals surface area (Å²) in [7, 11) is 2.93. The summed E-state index contributed by atoms with van der Waals surface area (Å²) in [5.41, 5.74) is 0.0991. The minimum absolute atomic E-state index is 0.0303. The number of carbonyl (C=O) groups is 5. The zero-order valence-corrected chi connectivity index (χ0v) is 40.9. The smallest absolute Gasteiger partial charge is 0.312 e. The molecule has 2 saturated heterocycles. The van der Waals surface area contributed by atoms with Gasteiger partial charge in [-0.15, -0.1) is 0 Å². The number of Topliss-reactive ketones (excluding diaryl/α,β-unsaturated/α-hetero) is 2. The van der Waals surface area contributed by atoms with Crippen molar-refractivity contribution in [1.82, 2.24) is 20.9 Å². The van der Waals surface area contributed by atoms with Crippen LogP contribution in [0.3, 0.4) is 0 Å². The lowest BCUT2D eigenvalue weighted by Gasteiger charge is -2.40. The van der Waals surface area contributed by atoms with Gasteiger partial charge in [-0.05, 0) is 38.7 Å². The van der Waals surface area contributed by atoms with E-state index < -0.39 is 101 Å². The van der Waals surface area contributed by atoms with E-state index in [1.165, 1.54) is 34.3 Å². The van der Waals surface area contributed by atoms with Gasteiger partial charge in [0.2, 0.25) is 5.78 Å². The number of hydrogen-bond acceptors (Lipinski definition) is 16. The van der Waals surface area contributed by atoms with Gasteiger partial charge in [0.15, 0.2) is 0 Å². The number of fused-ring (bicyclic) bond motifs is 13. The number of ether oxygens (including phenoxy) is 6. The third-order valence-electron chi connectivity index (χ3n) is 14.0. The molecule has 5 bridgehead atoms. The van der Waals surface area contributed by atoms with Crippen LogP contribution in [0.1, 0.15) is 119 Å². The lowest BCUT2D eigenvalue weighted by molar-refractivity contribution is -0.165. The van der Waals surface area contributed by atoms with Gasteiger partial charge < -0.3 is 54.2 Å². The number of piperidine rings is 1. The number of hydrogen-bond donors (Lipinski definition) is 5. The molecule has 1 aromatic carbocycles. The number of esters is 2. The van der Waals surface area contributed by atoms with Crippen molar-refractivity contribution in [2.45, 2.75) is 130 Å². The molecule has 10 atom stereocenters. The molecule has 1 amide bonds. The predicted octanol–water partition coefficient (Wildman–Crippen LogP) is 5.04. The zero-order valence-electron chi connectivity index (χ0n) is 40.9. The van der Waals surface area contributed by atoms with Crippen LogP contribution in [0.25, 0.3) is 0 Å². The van der Waals surface area contributed by atoms with Gasteiger partial charge in [-0.3, -0.25) is 29.3 Å². The van der Waals surface area contributed by atoms with Gasteiger partial charge in [-0.2, -0.15) is 0 Å². The second kappa shape index (κ2) is 20.7. The molecule has 5 N–H and O–H groups in total. The van der Waals surface area contributed by atoms with Crippen molar-refractivity contribution in [3.05, 3.63) is 69.8 Å². The Morgan fingerprint density at radius 1 is 0.970 bits per heavy atom. The van der Waals surface area contributed by atoms with Crippen molar-refractivity contribution in [3.63, 3.8) is 0 Å². The number of rotatable bonds is 8. The molecule has 1 spiro atoms. The molecular weight excluding hydrogens is 865 g/mol. The quantitative estimate of drug-likeness (QED) is 0.216. The number of amides is 1. The fraction of sp³-hybridized carbons (Fsp3) is 0.620. The number of nitrogens with zero attached hydrogens (tertiary/aromatic N) is 1. The first-order valence-electron chi connectivity index (χ1n) is 23.4. The lowest BCUT2D eigenvalue weighted by Crippen LogP contribution is -2.56. The number of nitrogens with one attached hydrogen (secondary N) is 3. The van der Waals surface area contributed by atoms with Crippen LogP contribution in [0.5, 0.6) is 11.5 Å². The third kappa shape index (κ3) is 10.4. The molecule has 0 radical (unpaired) electrons. The molecule has 1 aromatic rings. The first kappa shape index (κ1) is 51.3. The highest BCUT2D eigenvalue weighted by Gasteiger charge is 2.56. The normalized spacial score (nSPS) is 33.0. The summed E-state index contributed by atoms with van der Waals surface area (Å²) < 4.78 is 35.3. The molecule has 1 aliphatic carbocycles. The molecule has 368 valence electrons. The molecule has 67 heavy (non-hydrogen) atoms. The Morgan fingerprint density at radius 2 is 1.64 bits per heavy atom. The molecule has 17 heteroatoms. The maximum absolute atomic E-state index is 14.9. The van der Waals surface area contributed by atoms with Gasteiger partial charge in [0.25, 0.3) is 11.7 Å². The number of phenolic OH excluding ortho intramolecular Hbond substituents is 1. The fourth-order valence-corrected chi connectivity index (χ4v) is 10.2. The Labute approximate surface area is 393 Å². The van der Waals surface area contributed by atoms with Crippen molar-refractivity contribution < 1.29 is 62.6 Å². The zero-order chi connectivity index (χ0) is 49.3. The van der Waals surface area contributed by atoms with E-state index in [0.29, 0.717) is 24.5 Å². The molecule has 2 fully saturated rings. The molecule has 6 aliphatic rings. The molecule has 17 nitrogen and oxygen atoms in total. The number of benzene rings is 1. The summed E-state index contributed by atoms with van der Waals surface area (Å²) in [5, 5.41) is 34.1. The SMILES string of the molecule is COCCC(=O)O[C@@H]1[C@@H](C)[C@@H](O)[C@@H](C)[C@H](OC(C)=O)[C@H](C)[C@@H](OC)/C=C/O[C@@]2(C)Oc3c(C)c(O)c4c(c3C2=O)C2NC3(CCN(CC(C)C)CC3)NC2=C(NC(=O)/C(C)=C\C=C\[C@@H]1C)C4=O. The first-order chi connectivity index (χ1) is 31.6. The third-order valence-corrected chi connectivity index (χ3v) is 14.0. The second-order valence-electron chi connectivity index (χ2n) is 19.5. The number of aliphatic hydroxyl groups is 1. The summed E-state index contributed by atoms with van der Waals surface area (Å²) in [6.07, 6.45) is 5.23. The molecule has 0 aromatic heterocycles. The minimum Gasteiger partial charge on any atom is -0.507 e. The standard InChI is InChI=1S/C50H70N4O13/c1-25(2)24-54-20-18-50(19-21-54)52-38-35-36-42(58)31(8)46-37(35)47(60)49(10,67-46)64-23-16-33(63-12)28(5)45(65-32(9)55)30(7)41(57)29(6)44(66-34(56)17-22-62-11)26(3)14-13-15-27(4)48(61)51-40(43(36)59)39(38)53-50/h13-16,23,25-26,28-30,33,38,41,44-45,52-53,57-58H,17-22,24H2,1-12H3,(H,51,61)/b14-13+,23-16+,27-15-/t26-,28+,29-,30+,33-,38?,41+,44-,45+,49-/m0/s1. The summed E-state index contributed by atoms with van der Waals surface area (Å²) in [5.74, 6) is -7.40. The number of aliphatic hydroxyl groups excluding tert-OH is 1. The summed E-state index contributed by atoms with van der Waals surface area (Å²) >= 11 is 0. The van der Waals surface area contributed by atoms with E-state index in [-0.39, 0.29) is 52.3 Å². The number of phenols is 1. The lowest BCUT2D eigenvalue weighted by atomic mass is 9.78. The van der Waals surface area contributed by atoms with Gasteiger partial charge in [-0.1, -0.05) is 59.8 Å². The van der Waals surface area contributed by atoms with E-state index in [2.05, 4.69) is 34.7 Å². The van der Waals surface area contributed by atoms with Crippen LogP contribution in [0.2, 0.25) is 0 Å². The van der Waals surface area contributed by atoms with Crippen LogP contribution in [0.4, 0.5) is 0 Å². The van der Waals surface area contributed by atoms with Gasteiger partial charge in [0.1, 0.15) is 29.4 Å². The monoisotopic (exact) mass is 934 g/mol. The van der Waals surface area contributed by atoms with Crippen molar-refractivity contribution in [2.24, 2.45) is 29.6 Å². The number of allylic oxidation sites excluding steroid dienone is 3. The van der Waals surface area contributed by atoms with Crippen molar-refractivity contribution in [3.8, 4) is 11.5 Å². The van der Waals surface area contributed by atoms with E-state index >= 15 is 0 Å². The Kier molecular flexibility index (Phi) is 15.8. The number of ketones is 2. The summed E-state index contributed by atoms with van der Waals surface area (Å²) in [4.78, 5) is 71.9. The van der Waals surface area contributed by atoms with Crippen LogP contribution in [-0.4, -0.2) is 121 Å². The molecular formula is C50H70N4O13. The van der Waals surface area contributed by atoms with Crippen LogP contribution < -0.4 is 20.7 Å². The molecule has 5 aliphatic heterocycles.